The van der Waals surface area contributed by atoms with E-state index in [0.717, 1.165) is 0 Å². The third-order valence-corrected chi connectivity index (χ3v) is 12.3. The van der Waals surface area contributed by atoms with Crippen molar-refractivity contribution in [1.29, 1.82) is 0 Å². The molecule has 0 N–H and O–H groups in total. The summed E-state index contributed by atoms with van der Waals surface area (Å²) in [6, 6.07) is 65.0. The van der Waals surface area contributed by atoms with E-state index in [1.54, 1.807) is 0 Å². The molecule has 0 heterocycles. The second-order valence-electron chi connectivity index (χ2n) is 9.08. The van der Waals surface area contributed by atoms with E-state index in [9.17, 15) is 0 Å². The summed E-state index contributed by atoms with van der Waals surface area (Å²) in [7, 11) is 3.08. The maximum Gasteiger partial charge on any atom is 0.102 e. The summed E-state index contributed by atoms with van der Waals surface area (Å²) in [5, 5.41) is 8.61. The van der Waals surface area contributed by atoms with Crippen LogP contribution in [0.4, 0.5) is 0 Å². The Bertz CT molecular complexity index is 1310. The molecule has 6 aromatic rings. The molecular formula is C37H32ClOP2Rh+2. The average molecular weight is 693 g/mol. The summed E-state index contributed by atoms with van der Waals surface area (Å²) in [6.45, 7) is 0. The number of benzene rings is 6. The molecule has 0 atom stereocenters. The SMILES string of the molecule is O=[C]=[Rh][Cl].c1ccc([PH+](c2ccccc2)c2ccccc2)cc1.c1ccc([PH+](c2ccccc2)c2ccccc2)cc1. The van der Waals surface area contributed by atoms with Gasteiger partial charge in [-0.05, 0) is 72.8 Å². The fourth-order valence-electron chi connectivity index (χ4n) is 4.63. The Kier molecular flexibility index (Phi) is 13.7. The monoisotopic (exact) mass is 692 g/mol. The quantitative estimate of drug-likeness (QED) is 0.141. The van der Waals surface area contributed by atoms with Gasteiger partial charge in [-0.25, -0.2) is 0 Å². The molecule has 0 aliphatic rings. The van der Waals surface area contributed by atoms with Crippen molar-refractivity contribution in [1.82, 2.24) is 0 Å². The van der Waals surface area contributed by atoms with Crippen LogP contribution in [0.25, 0.3) is 0 Å². The van der Waals surface area contributed by atoms with E-state index < -0.39 is 31.5 Å². The molecule has 0 bridgehead atoms. The van der Waals surface area contributed by atoms with Gasteiger partial charge in [-0.2, -0.15) is 0 Å². The molecule has 0 radical (unpaired) electrons. The van der Waals surface area contributed by atoms with Crippen LogP contribution in [-0.2, 0) is 20.5 Å². The fraction of sp³-hybridized carbons (Fsp3) is 0. The first-order valence-electron chi connectivity index (χ1n) is 13.5. The van der Waals surface area contributed by atoms with Crippen molar-refractivity contribution < 1.29 is 20.5 Å². The van der Waals surface area contributed by atoms with Crippen LogP contribution in [0, 0.1) is 0 Å². The molecule has 42 heavy (non-hydrogen) atoms. The predicted molar refractivity (Wildman–Crippen MR) is 185 cm³/mol. The van der Waals surface area contributed by atoms with Crippen LogP contribution < -0.4 is 31.8 Å². The van der Waals surface area contributed by atoms with Gasteiger partial charge in [0.15, 0.2) is 0 Å². The second-order valence-corrected chi connectivity index (χ2v) is 15.4. The van der Waals surface area contributed by atoms with Crippen LogP contribution in [0.15, 0.2) is 182 Å². The standard InChI is InChI=1S/2C18H15P.CO.ClH.Rh/c2*1-4-10-16(11-5-1)19(17-12-6-2-7-13-17)18-14-8-3-9-15-18;1-2;;/h2*1-15H;;1H;/q;;;;+1/p+1. The number of carbonyl (C=O) groups excluding carboxylic acids is 1. The summed E-state index contributed by atoms with van der Waals surface area (Å²) < 4.78 is 1.52. The third-order valence-electron chi connectivity index (χ3n) is 6.40. The average Bonchev–Trinajstić information content (AvgIpc) is 3.08. The molecule has 0 saturated heterocycles. The molecule has 0 amide bonds. The van der Waals surface area contributed by atoms with E-state index in [-0.39, 0.29) is 0 Å². The maximum absolute atomic E-state index is 8.95. The van der Waals surface area contributed by atoms with Crippen LogP contribution in [0.5, 0.6) is 0 Å². The van der Waals surface area contributed by atoms with Gasteiger partial charge in [0, 0.05) is 0 Å². The van der Waals surface area contributed by atoms with Crippen LogP contribution in [0.1, 0.15) is 0 Å². The Balaban J connectivity index is 0.000000171. The predicted octanol–water partition coefficient (Wildman–Crippen LogP) is 6.64. The first kappa shape index (κ1) is 31.6. The van der Waals surface area contributed by atoms with Gasteiger partial charge in [0.1, 0.15) is 31.8 Å². The summed E-state index contributed by atoms with van der Waals surface area (Å²) in [5.41, 5.74) is 0. The van der Waals surface area contributed by atoms with E-state index in [1.165, 1.54) is 36.3 Å². The van der Waals surface area contributed by atoms with Gasteiger partial charge in [-0.3, -0.25) is 0 Å². The summed E-state index contributed by atoms with van der Waals surface area (Å²) in [5.74, 6) is 0. The molecule has 0 saturated carbocycles. The molecule has 5 heteroatoms. The molecule has 6 rings (SSSR count). The fourth-order valence-corrected chi connectivity index (χ4v) is 9.78. The minimum absolute atomic E-state index is 0.465. The minimum Gasteiger partial charge on any atom is -0.0620 e. The zero-order valence-electron chi connectivity index (χ0n) is 22.9. The van der Waals surface area contributed by atoms with Crippen LogP contribution in [-0.4, -0.2) is 4.47 Å². The van der Waals surface area contributed by atoms with E-state index in [1.807, 2.05) is 0 Å². The van der Waals surface area contributed by atoms with Crippen molar-refractivity contribution in [2.24, 2.45) is 0 Å². The van der Waals surface area contributed by atoms with Crippen LogP contribution in [0.3, 0.4) is 0 Å². The zero-order chi connectivity index (χ0) is 29.2. The molecular weight excluding hydrogens is 661 g/mol. The molecule has 6 aromatic carbocycles. The van der Waals surface area contributed by atoms with Gasteiger partial charge in [0.25, 0.3) is 0 Å². The van der Waals surface area contributed by atoms with Crippen LogP contribution in [0.2, 0.25) is 0 Å². The largest absolute Gasteiger partial charge is 0.102 e. The topological polar surface area (TPSA) is 17.1 Å². The number of halogens is 1. The Morgan fingerprint density at radius 2 is 0.500 bits per heavy atom. The number of hydrogen-bond acceptors (Lipinski definition) is 1. The van der Waals surface area contributed by atoms with Gasteiger partial charge >= 0.3 is 34.6 Å². The van der Waals surface area contributed by atoms with E-state index >= 15 is 0 Å². The molecule has 0 aromatic heterocycles. The number of rotatable bonds is 6. The Morgan fingerprint density at radius 3 is 0.619 bits per heavy atom. The van der Waals surface area contributed by atoms with Gasteiger partial charge in [0.05, 0.1) is 15.8 Å². The maximum atomic E-state index is 8.95. The van der Waals surface area contributed by atoms with Crippen molar-refractivity contribution in [3.8, 4) is 0 Å². The summed E-state index contributed by atoms with van der Waals surface area (Å²) in [4.78, 5) is 8.95. The Morgan fingerprint density at radius 1 is 0.357 bits per heavy atom. The molecule has 0 unspecified atom stereocenters. The van der Waals surface area contributed by atoms with Gasteiger partial charge in [-0.1, -0.05) is 109 Å². The van der Waals surface area contributed by atoms with Gasteiger partial charge in [0.2, 0.25) is 0 Å². The van der Waals surface area contributed by atoms with Crippen molar-refractivity contribution in [3.05, 3.63) is 182 Å². The smallest absolute Gasteiger partial charge is 0.0620 e. The summed E-state index contributed by atoms with van der Waals surface area (Å²) in [6.07, 6.45) is 0. The van der Waals surface area contributed by atoms with Gasteiger partial charge in [-0.15, -0.1) is 0 Å². The van der Waals surface area contributed by atoms with Crippen molar-refractivity contribution in [2.75, 3.05) is 0 Å². The van der Waals surface area contributed by atoms with Crippen LogP contribution >= 0.6 is 25.5 Å². The molecule has 210 valence electrons. The van der Waals surface area contributed by atoms with Gasteiger partial charge < -0.3 is 0 Å². The molecule has 0 spiro atoms. The molecule has 1 nitrogen and oxygen atoms in total. The third kappa shape index (κ3) is 9.61. The minimum atomic E-state index is -0.877. The number of hydrogen-bond donors (Lipinski definition) is 0. The molecule has 0 fully saturated rings. The second kappa shape index (κ2) is 18.3. The van der Waals surface area contributed by atoms with Crippen molar-refractivity contribution in [3.63, 3.8) is 0 Å². The zero-order valence-corrected chi connectivity index (χ0v) is 27.3. The van der Waals surface area contributed by atoms with E-state index in [4.69, 9.17) is 14.5 Å². The van der Waals surface area contributed by atoms with Crippen molar-refractivity contribution in [2.45, 2.75) is 0 Å². The van der Waals surface area contributed by atoms with E-state index in [0.29, 0.717) is 0 Å². The van der Waals surface area contributed by atoms with E-state index in [2.05, 4.69) is 182 Å². The Hall–Kier alpha value is -3.33. The normalized spacial score (nSPS) is 10.2. The Labute approximate surface area is 262 Å². The van der Waals surface area contributed by atoms with Crippen molar-refractivity contribution >= 4 is 61.8 Å². The molecule has 0 aliphatic carbocycles. The molecule has 0 aliphatic heterocycles. The summed E-state index contributed by atoms with van der Waals surface area (Å²) >= 11 is -0.465. The first-order chi connectivity index (χ1) is 20.8. The first-order valence-corrected chi connectivity index (χ1v) is 19.4.